The summed E-state index contributed by atoms with van der Waals surface area (Å²) in [6.07, 6.45) is 0. The van der Waals surface area contributed by atoms with Gasteiger partial charge < -0.3 is 19.5 Å². The number of rotatable bonds is 6. The van der Waals surface area contributed by atoms with Crippen molar-refractivity contribution in [1.29, 1.82) is 0 Å². The molecule has 2 rings (SSSR count). The molecule has 0 aliphatic heterocycles. The van der Waals surface area contributed by atoms with Crippen molar-refractivity contribution in [2.75, 3.05) is 33.7 Å². The first-order valence-electron chi connectivity index (χ1n) is 7.21. The topological polar surface area (TPSA) is 81.5 Å². The highest BCUT2D eigenvalue weighted by molar-refractivity contribution is 7.13. The van der Waals surface area contributed by atoms with Gasteiger partial charge in [0, 0.05) is 36.3 Å². The lowest BCUT2D eigenvalue weighted by Gasteiger charge is -2.10. The van der Waals surface area contributed by atoms with E-state index >= 15 is 0 Å². The molecular weight excluding hydrogens is 342 g/mol. The molecule has 8 heteroatoms. The fourth-order valence-corrected chi connectivity index (χ4v) is 3.20. The van der Waals surface area contributed by atoms with Crippen molar-refractivity contribution >= 4 is 41.2 Å². The highest BCUT2D eigenvalue weighted by atomic mass is 32.1. The summed E-state index contributed by atoms with van der Waals surface area (Å²) in [7, 11) is 6.20. The fourth-order valence-electron chi connectivity index (χ4n) is 2.19. The minimum absolute atomic E-state index is 0.327. The van der Waals surface area contributed by atoms with Gasteiger partial charge in [-0.1, -0.05) is 0 Å². The number of hydrogen-bond acceptors (Lipinski definition) is 7. The molecule has 25 heavy (non-hydrogen) atoms. The first-order chi connectivity index (χ1) is 12.1. The number of aliphatic imine (C=N–C) groups is 2. The molecule has 0 fully saturated rings. The van der Waals surface area contributed by atoms with E-state index in [1.807, 2.05) is 0 Å². The zero-order valence-corrected chi connectivity index (χ0v) is 15.3. The molecule has 1 N–H and O–H groups in total. The Bertz CT molecular complexity index is 792. The molecule has 0 atom stereocenters. The minimum Gasteiger partial charge on any atom is -0.497 e. The van der Waals surface area contributed by atoms with Crippen LogP contribution in [0, 0.1) is 0 Å². The summed E-state index contributed by atoms with van der Waals surface area (Å²) in [4.78, 5) is 21.3. The fraction of sp³-hybridized carbons (Fsp3) is 0.235. The van der Waals surface area contributed by atoms with Crippen LogP contribution in [0.15, 0.2) is 33.6 Å². The van der Waals surface area contributed by atoms with Gasteiger partial charge in [0.05, 0.1) is 32.6 Å². The summed E-state index contributed by atoms with van der Waals surface area (Å²) >= 11 is 1.31. The third kappa shape index (κ3) is 3.97. The van der Waals surface area contributed by atoms with Crippen molar-refractivity contribution in [3.63, 3.8) is 0 Å². The van der Waals surface area contributed by atoms with Crippen LogP contribution in [0.25, 0.3) is 0 Å². The summed E-state index contributed by atoms with van der Waals surface area (Å²) in [5, 5.41) is 4.50. The van der Waals surface area contributed by atoms with Gasteiger partial charge >= 0.3 is 0 Å². The van der Waals surface area contributed by atoms with E-state index < -0.39 is 0 Å². The van der Waals surface area contributed by atoms with Crippen LogP contribution in [0.2, 0.25) is 0 Å². The number of carbonyl (C=O) groups excluding carboxylic acids is 1. The van der Waals surface area contributed by atoms with Gasteiger partial charge in [0.2, 0.25) is 5.90 Å². The number of nitrogens with zero attached hydrogens (tertiary/aromatic N) is 2. The quantitative estimate of drug-likeness (QED) is 0.632. The number of ether oxygens (including phenoxy) is 3. The van der Waals surface area contributed by atoms with Crippen molar-refractivity contribution in [3.05, 3.63) is 34.0 Å². The Kier molecular flexibility index (Phi) is 6.13. The molecule has 1 heterocycles. The van der Waals surface area contributed by atoms with E-state index in [0.29, 0.717) is 39.2 Å². The normalized spacial score (nSPS) is 11.0. The number of carbonyl (C=O) groups is 1. The van der Waals surface area contributed by atoms with Crippen LogP contribution < -0.4 is 14.8 Å². The second kappa shape index (κ2) is 8.29. The maximum atomic E-state index is 12.7. The molecule has 7 nitrogen and oxygen atoms in total. The first-order valence-corrected chi connectivity index (χ1v) is 8.09. The monoisotopic (exact) mass is 361 g/mol. The molecule has 0 bridgehead atoms. The standard InChI is InChI=1S/C17H19N3O4S/c1-18-14-13(9-25-15(14)17(19-2)24-5)16(21)20-10-6-11(22-3)8-12(7-10)23-4/h6-9H,1H2,2-5H3,(H,20,21). The summed E-state index contributed by atoms with van der Waals surface area (Å²) in [5.41, 5.74) is 1.36. The average molecular weight is 361 g/mol. The summed E-state index contributed by atoms with van der Waals surface area (Å²) in [5.74, 6) is 1.21. The molecule has 0 radical (unpaired) electrons. The molecule has 2 aromatic rings. The SMILES string of the molecule is C=Nc1c(C(=O)Nc2cc(OC)cc(OC)c2)csc1C(=NC)OC. The third-order valence-electron chi connectivity index (χ3n) is 3.37. The van der Waals surface area contributed by atoms with Crippen molar-refractivity contribution in [2.45, 2.75) is 0 Å². The van der Waals surface area contributed by atoms with E-state index in [9.17, 15) is 4.79 Å². The van der Waals surface area contributed by atoms with Crippen LogP contribution in [-0.4, -0.2) is 46.9 Å². The van der Waals surface area contributed by atoms with Crippen molar-refractivity contribution in [3.8, 4) is 11.5 Å². The number of hydrogen-bond donors (Lipinski definition) is 1. The maximum absolute atomic E-state index is 12.7. The molecule has 0 saturated carbocycles. The van der Waals surface area contributed by atoms with E-state index in [-0.39, 0.29) is 5.91 Å². The smallest absolute Gasteiger partial charge is 0.258 e. The Labute approximate surface area is 150 Å². The summed E-state index contributed by atoms with van der Waals surface area (Å²) in [6.45, 7) is 3.55. The highest BCUT2D eigenvalue weighted by Gasteiger charge is 2.21. The Morgan fingerprint density at radius 3 is 2.28 bits per heavy atom. The van der Waals surface area contributed by atoms with Crippen molar-refractivity contribution in [1.82, 2.24) is 0 Å². The van der Waals surface area contributed by atoms with E-state index in [1.54, 1.807) is 44.8 Å². The zero-order valence-electron chi connectivity index (χ0n) is 14.5. The lowest BCUT2D eigenvalue weighted by atomic mass is 10.2. The molecule has 1 aromatic carbocycles. The highest BCUT2D eigenvalue weighted by Crippen LogP contribution is 2.33. The number of amides is 1. The van der Waals surface area contributed by atoms with Crippen LogP contribution in [0.3, 0.4) is 0 Å². The predicted octanol–water partition coefficient (Wildman–Crippen LogP) is 3.37. The number of methoxy groups -OCH3 is 3. The predicted molar refractivity (Wildman–Crippen MR) is 100 cm³/mol. The van der Waals surface area contributed by atoms with Gasteiger partial charge in [0.15, 0.2) is 0 Å². The van der Waals surface area contributed by atoms with Crippen molar-refractivity contribution < 1.29 is 19.0 Å². The molecular formula is C17H19N3O4S. The van der Waals surface area contributed by atoms with Gasteiger partial charge in [0.25, 0.3) is 5.91 Å². The maximum Gasteiger partial charge on any atom is 0.258 e. The Balaban J connectivity index is 2.35. The second-order valence-corrected chi connectivity index (χ2v) is 5.65. The van der Waals surface area contributed by atoms with E-state index in [0.717, 1.165) is 0 Å². The van der Waals surface area contributed by atoms with Gasteiger partial charge in [-0.3, -0.25) is 14.8 Å². The van der Waals surface area contributed by atoms with Crippen LogP contribution >= 0.6 is 11.3 Å². The molecule has 0 saturated heterocycles. The van der Waals surface area contributed by atoms with Gasteiger partial charge in [0.1, 0.15) is 16.4 Å². The van der Waals surface area contributed by atoms with Gasteiger partial charge in [-0.25, -0.2) is 0 Å². The Morgan fingerprint density at radius 2 is 1.80 bits per heavy atom. The molecule has 1 aromatic heterocycles. The summed E-state index contributed by atoms with van der Waals surface area (Å²) < 4.78 is 15.6. The second-order valence-electron chi connectivity index (χ2n) is 4.77. The molecule has 132 valence electrons. The molecule has 0 aliphatic rings. The lowest BCUT2D eigenvalue weighted by Crippen LogP contribution is -2.12. The first kappa shape index (κ1) is 18.5. The number of anilines is 1. The number of benzene rings is 1. The Hall–Kier alpha value is -2.87. The molecule has 0 unspecified atom stereocenters. The van der Waals surface area contributed by atoms with Crippen LogP contribution in [0.5, 0.6) is 11.5 Å². The van der Waals surface area contributed by atoms with Crippen LogP contribution in [0.1, 0.15) is 15.2 Å². The van der Waals surface area contributed by atoms with Crippen LogP contribution in [-0.2, 0) is 4.74 Å². The molecule has 0 spiro atoms. The lowest BCUT2D eigenvalue weighted by molar-refractivity contribution is 0.102. The Morgan fingerprint density at radius 1 is 1.16 bits per heavy atom. The van der Waals surface area contributed by atoms with Gasteiger partial charge in [-0.15, -0.1) is 11.3 Å². The van der Waals surface area contributed by atoms with E-state index in [4.69, 9.17) is 14.2 Å². The van der Waals surface area contributed by atoms with Crippen LogP contribution in [0.4, 0.5) is 11.4 Å². The average Bonchev–Trinajstić information content (AvgIpc) is 3.06. The van der Waals surface area contributed by atoms with Gasteiger partial charge in [-0.2, -0.15) is 0 Å². The van der Waals surface area contributed by atoms with E-state index in [1.165, 1.54) is 18.4 Å². The summed E-state index contributed by atoms with van der Waals surface area (Å²) in [6, 6.07) is 5.11. The zero-order chi connectivity index (χ0) is 18.4. The third-order valence-corrected chi connectivity index (χ3v) is 4.32. The van der Waals surface area contributed by atoms with E-state index in [2.05, 4.69) is 22.0 Å². The number of thiophene rings is 1. The number of nitrogens with one attached hydrogen (secondary N) is 1. The van der Waals surface area contributed by atoms with Crippen molar-refractivity contribution in [2.24, 2.45) is 9.98 Å². The van der Waals surface area contributed by atoms with Gasteiger partial charge in [-0.05, 0) is 6.72 Å². The largest absolute Gasteiger partial charge is 0.497 e. The molecule has 1 amide bonds. The minimum atomic E-state index is -0.327. The molecule has 0 aliphatic carbocycles.